The Labute approximate surface area is 125 Å². The van der Waals surface area contributed by atoms with Gasteiger partial charge in [0.1, 0.15) is 0 Å². The number of aromatic nitrogens is 3. The van der Waals surface area contributed by atoms with Crippen molar-refractivity contribution < 1.29 is 4.79 Å². The second-order valence-corrected chi connectivity index (χ2v) is 5.99. The van der Waals surface area contributed by atoms with Crippen molar-refractivity contribution in [3.05, 3.63) is 40.8 Å². The average Bonchev–Trinajstić information content (AvgIpc) is 3.24. The van der Waals surface area contributed by atoms with E-state index in [1.54, 1.807) is 4.57 Å². The minimum atomic E-state index is -0.159. The monoisotopic (exact) mass is 304 g/mol. The molecule has 2 N–H and O–H groups in total. The van der Waals surface area contributed by atoms with Gasteiger partial charge in [0.25, 0.3) is 0 Å². The molecule has 6 nitrogen and oxygen atoms in total. The number of hydrogen-bond donors (Lipinski definition) is 2. The number of anilines is 1. The molecule has 1 aliphatic rings. The summed E-state index contributed by atoms with van der Waals surface area (Å²) in [4.78, 5) is 23.4. The molecule has 1 aliphatic carbocycles. The zero-order valence-corrected chi connectivity index (χ0v) is 12.2. The minimum absolute atomic E-state index is 0.0374. The van der Waals surface area contributed by atoms with E-state index >= 15 is 0 Å². The van der Waals surface area contributed by atoms with Crippen molar-refractivity contribution in [1.82, 2.24) is 14.8 Å². The SMILES string of the molecule is O=C(CCSc1n[nH]c(=O)n1C1CC1)Nc1ccccc1. The maximum atomic E-state index is 11.8. The largest absolute Gasteiger partial charge is 0.344 e. The lowest BCUT2D eigenvalue weighted by molar-refractivity contribution is -0.115. The summed E-state index contributed by atoms with van der Waals surface area (Å²) < 4.78 is 1.69. The highest BCUT2D eigenvalue weighted by atomic mass is 32.2. The third-order valence-electron chi connectivity index (χ3n) is 3.20. The number of nitrogens with one attached hydrogen (secondary N) is 2. The highest BCUT2D eigenvalue weighted by Crippen LogP contribution is 2.36. The first kappa shape index (κ1) is 13.9. The third kappa shape index (κ3) is 3.55. The number of carbonyl (C=O) groups is 1. The molecule has 1 aromatic heterocycles. The fourth-order valence-electron chi connectivity index (χ4n) is 2.03. The van der Waals surface area contributed by atoms with Crippen LogP contribution in [-0.2, 0) is 4.79 Å². The molecule has 1 saturated carbocycles. The van der Waals surface area contributed by atoms with E-state index < -0.39 is 0 Å². The molecule has 1 fully saturated rings. The highest BCUT2D eigenvalue weighted by Gasteiger charge is 2.28. The van der Waals surface area contributed by atoms with Crippen LogP contribution in [0.5, 0.6) is 0 Å². The van der Waals surface area contributed by atoms with Crippen LogP contribution >= 0.6 is 11.8 Å². The summed E-state index contributed by atoms with van der Waals surface area (Å²) in [5.74, 6) is 0.555. The van der Waals surface area contributed by atoms with Gasteiger partial charge in [-0.05, 0) is 25.0 Å². The van der Waals surface area contributed by atoms with Gasteiger partial charge in [-0.3, -0.25) is 9.36 Å². The van der Waals surface area contributed by atoms with Crippen LogP contribution < -0.4 is 11.0 Å². The first-order valence-corrected chi connectivity index (χ1v) is 7.87. The van der Waals surface area contributed by atoms with E-state index in [0.717, 1.165) is 18.5 Å². The lowest BCUT2D eigenvalue weighted by atomic mass is 10.3. The highest BCUT2D eigenvalue weighted by molar-refractivity contribution is 7.99. The Bertz CT molecular complexity index is 676. The molecule has 0 aliphatic heterocycles. The van der Waals surface area contributed by atoms with E-state index in [2.05, 4.69) is 15.5 Å². The molecule has 110 valence electrons. The van der Waals surface area contributed by atoms with Crippen LogP contribution in [0.1, 0.15) is 25.3 Å². The van der Waals surface area contributed by atoms with Crippen molar-refractivity contribution in [2.45, 2.75) is 30.5 Å². The third-order valence-corrected chi connectivity index (χ3v) is 4.16. The number of para-hydroxylation sites is 1. The molecule has 1 heterocycles. The second kappa shape index (κ2) is 6.17. The molecule has 1 aromatic carbocycles. The predicted octanol–water partition coefficient (Wildman–Crippen LogP) is 2.03. The van der Waals surface area contributed by atoms with Crippen molar-refractivity contribution in [3.63, 3.8) is 0 Å². The van der Waals surface area contributed by atoms with Gasteiger partial charge in [0.15, 0.2) is 5.16 Å². The number of rotatable bonds is 6. The van der Waals surface area contributed by atoms with Gasteiger partial charge >= 0.3 is 5.69 Å². The minimum Gasteiger partial charge on any atom is -0.326 e. The van der Waals surface area contributed by atoms with E-state index in [9.17, 15) is 9.59 Å². The second-order valence-electron chi connectivity index (χ2n) is 4.93. The molecule has 21 heavy (non-hydrogen) atoms. The van der Waals surface area contributed by atoms with Gasteiger partial charge in [-0.2, -0.15) is 0 Å². The Morgan fingerprint density at radius 1 is 1.38 bits per heavy atom. The van der Waals surface area contributed by atoms with Gasteiger partial charge in [0.2, 0.25) is 5.91 Å². The van der Waals surface area contributed by atoms with Crippen LogP contribution in [-0.4, -0.2) is 26.4 Å². The van der Waals surface area contributed by atoms with Gasteiger partial charge in [-0.25, -0.2) is 9.89 Å². The number of hydrogen-bond acceptors (Lipinski definition) is 4. The summed E-state index contributed by atoms with van der Waals surface area (Å²) in [5.41, 5.74) is 0.635. The molecule has 0 bridgehead atoms. The summed E-state index contributed by atoms with van der Waals surface area (Å²) in [6, 6.07) is 9.65. The zero-order chi connectivity index (χ0) is 14.7. The molecular formula is C14H16N4O2S. The number of thioether (sulfide) groups is 1. The predicted molar refractivity (Wildman–Crippen MR) is 81.5 cm³/mol. The molecule has 1 amide bonds. The van der Waals surface area contributed by atoms with Crippen molar-refractivity contribution in [2.75, 3.05) is 11.1 Å². The Morgan fingerprint density at radius 3 is 2.86 bits per heavy atom. The van der Waals surface area contributed by atoms with Crippen molar-refractivity contribution in [2.24, 2.45) is 0 Å². The topological polar surface area (TPSA) is 79.8 Å². The molecule has 7 heteroatoms. The maximum Gasteiger partial charge on any atom is 0.344 e. The molecular weight excluding hydrogens is 288 g/mol. The van der Waals surface area contributed by atoms with E-state index in [1.165, 1.54) is 11.8 Å². The van der Waals surface area contributed by atoms with Crippen LogP contribution in [0.3, 0.4) is 0 Å². The Morgan fingerprint density at radius 2 is 2.14 bits per heavy atom. The fourth-order valence-corrected chi connectivity index (χ4v) is 2.98. The molecule has 2 aromatic rings. The van der Waals surface area contributed by atoms with Crippen LogP contribution in [0.2, 0.25) is 0 Å². The average molecular weight is 304 g/mol. The van der Waals surface area contributed by atoms with Crippen molar-refractivity contribution in [1.29, 1.82) is 0 Å². The Balaban J connectivity index is 1.50. The van der Waals surface area contributed by atoms with Gasteiger partial charge in [0.05, 0.1) is 0 Å². The standard InChI is InChI=1S/C14H16N4O2S/c19-12(15-10-4-2-1-3-5-10)8-9-21-14-17-16-13(20)18(14)11-6-7-11/h1-5,11H,6-9H2,(H,15,19)(H,16,20). The number of carbonyl (C=O) groups excluding carboxylic acids is 1. The number of amides is 1. The van der Waals surface area contributed by atoms with Crippen LogP contribution in [0.4, 0.5) is 5.69 Å². The number of H-pyrrole nitrogens is 1. The molecule has 0 spiro atoms. The fraction of sp³-hybridized carbons (Fsp3) is 0.357. The van der Waals surface area contributed by atoms with Gasteiger partial charge < -0.3 is 5.32 Å². The number of benzene rings is 1. The number of aromatic amines is 1. The lowest BCUT2D eigenvalue weighted by Crippen LogP contribution is -2.16. The number of nitrogens with zero attached hydrogens (tertiary/aromatic N) is 2. The first-order chi connectivity index (χ1) is 10.2. The van der Waals surface area contributed by atoms with Gasteiger partial charge in [-0.1, -0.05) is 30.0 Å². The molecule has 0 saturated heterocycles. The molecule has 0 radical (unpaired) electrons. The van der Waals surface area contributed by atoms with E-state index in [1.807, 2.05) is 30.3 Å². The van der Waals surface area contributed by atoms with Crippen LogP contribution in [0.25, 0.3) is 0 Å². The molecule has 0 atom stereocenters. The smallest absolute Gasteiger partial charge is 0.326 e. The maximum absolute atomic E-state index is 11.8. The van der Waals surface area contributed by atoms with Gasteiger partial charge in [0, 0.05) is 23.9 Å². The Kier molecular flexibility index (Phi) is 4.10. The summed E-state index contributed by atoms with van der Waals surface area (Å²) in [5, 5.41) is 10.00. The summed E-state index contributed by atoms with van der Waals surface area (Å²) in [6.07, 6.45) is 2.44. The van der Waals surface area contributed by atoms with Crippen LogP contribution in [0.15, 0.2) is 40.3 Å². The van der Waals surface area contributed by atoms with Crippen molar-refractivity contribution >= 4 is 23.4 Å². The van der Waals surface area contributed by atoms with Crippen molar-refractivity contribution in [3.8, 4) is 0 Å². The summed E-state index contributed by atoms with van der Waals surface area (Å²) in [6.45, 7) is 0. The van der Waals surface area contributed by atoms with Gasteiger partial charge in [-0.15, -0.1) is 5.10 Å². The van der Waals surface area contributed by atoms with E-state index in [-0.39, 0.29) is 17.6 Å². The summed E-state index contributed by atoms with van der Waals surface area (Å²) >= 11 is 1.43. The lowest BCUT2D eigenvalue weighted by Gasteiger charge is -2.05. The first-order valence-electron chi connectivity index (χ1n) is 6.88. The normalized spacial score (nSPS) is 14.1. The van der Waals surface area contributed by atoms with E-state index in [4.69, 9.17) is 0 Å². The summed E-state index contributed by atoms with van der Waals surface area (Å²) in [7, 11) is 0. The molecule has 0 unspecified atom stereocenters. The Hall–Kier alpha value is -2.02. The zero-order valence-electron chi connectivity index (χ0n) is 11.4. The molecule has 3 rings (SSSR count). The van der Waals surface area contributed by atoms with E-state index in [0.29, 0.717) is 17.3 Å². The quantitative estimate of drug-likeness (QED) is 0.800. The van der Waals surface area contributed by atoms with Crippen LogP contribution in [0, 0.1) is 0 Å².